The van der Waals surface area contributed by atoms with Crippen LogP contribution in [-0.2, 0) is 0 Å². The molecule has 0 aliphatic carbocycles. The third-order valence-electron chi connectivity index (χ3n) is 5.08. The van der Waals surface area contributed by atoms with Crippen LogP contribution in [0.4, 0.5) is 11.4 Å². The minimum Gasteiger partial charge on any atom is -0.286 e. The van der Waals surface area contributed by atoms with Crippen molar-refractivity contribution in [2.24, 2.45) is 0 Å². The van der Waals surface area contributed by atoms with Crippen LogP contribution < -0.4 is 15.3 Å². The van der Waals surface area contributed by atoms with Gasteiger partial charge in [-0.1, -0.05) is 29.8 Å². The molecule has 1 aliphatic heterocycles. The van der Waals surface area contributed by atoms with Gasteiger partial charge in [0.15, 0.2) is 0 Å². The fraction of sp³-hybridized carbons (Fsp3) is 0.125. The van der Waals surface area contributed by atoms with E-state index in [0.29, 0.717) is 28.9 Å². The van der Waals surface area contributed by atoms with E-state index in [2.05, 4.69) is 5.43 Å². The molecule has 0 atom stereocenters. The van der Waals surface area contributed by atoms with E-state index in [1.54, 1.807) is 53.5 Å². The van der Waals surface area contributed by atoms with Crippen molar-refractivity contribution in [1.82, 2.24) is 5.43 Å². The fourth-order valence-corrected chi connectivity index (χ4v) is 3.42. The number of hydrazine groups is 1. The van der Waals surface area contributed by atoms with Gasteiger partial charge in [0.25, 0.3) is 17.7 Å². The van der Waals surface area contributed by atoms with Crippen molar-refractivity contribution in [2.45, 2.75) is 13.8 Å². The van der Waals surface area contributed by atoms with Crippen LogP contribution in [0.25, 0.3) is 0 Å². The number of nitrogens with one attached hydrogen (secondary N) is 1. The Balaban J connectivity index is 1.51. The highest BCUT2D eigenvalue weighted by molar-refractivity contribution is 6.34. The van der Waals surface area contributed by atoms with Crippen molar-refractivity contribution < 1.29 is 14.4 Å². The second-order valence-electron chi connectivity index (χ2n) is 7.06. The molecular formula is C24H21N3O3. The smallest absolute Gasteiger partial charge is 0.269 e. The van der Waals surface area contributed by atoms with Crippen LogP contribution in [0, 0.1) is 6.92 Å². The molecule has 0 bridgehead atoms. The predicted octanol–water partition coefficient (Wildman–Crippen LogP) is 3.97. The number of anilines is 2. The summed E-state index contributed by atoms with van der Waals surface area (Å²) in [6.45, 7) is 4.56. The zero-order chi connectivity index (χ0) is 21.3. The van der Waals surface area contributed by atoms with Crippen molar-refractivity contribution in [3.8, 4) is 0 Å². The van der Waals surface area contributed by atoms with Crippen LogP contribution in [0.3, 0.4) is 0 Å². The van der Waals surface area contributed by atoms with E-state index in [0.717, 1.165) is 16.2 Å². The first-order valence-corrected chi connectivity index (χ1v) is 9.72. The Hall–Kier alpha value is -3.93. The van der Waals surface area contributed by atoms with Gasteiger partial charge in [0.05, 0.1) is 22.5 Å². The lowest BCUT2D eigenvalue weighted by Crippen LogP contribution is -2.42. The summed E-state index contributed by atoms with van der Waals surface area (Å²) in [6, 6.07) is 21.1. The topological polar surface area (TPSA) is 69.7 Å². The van der Waals surface area contributed by atoms with Gasteiger partial charge in [0.2, 0.25) is 0 Å². The quantitative estimate of drug-likeness (QED) is 0.521. The van der Waals surface area contributed by atoms with Gasteiger partial charge in [0, 0.05) is 12.1 Å². The number of fused-ring (bicyclic) bond motifs is 1. The van der Waals surface area contributed by atoms with Crippen molar-refractivity contribution in [2.75, 3.05) is 16.5 Å². The maximum Gasteiger partial charge on any atom is 0.269 e. The minimum atomic E-state index is -0.357. The number of hydrogen-bond acceptors (Lipinski definition) is 4. The molecule has 1 aliphatic rings. The number of imide groups is 1. The van der Waals surface area contributed by atoms with Crippen molar-refractivity contribution in [1.29, 1.82) is 0 Å². The molecule has 0 unspecified atom stereocenters. The van der Waals surface area contributed by atoms with Crippen LogP contribution in [0.2, 0.25) is 0 Å². The number of aryl methyl sites for hydroxylation is 1. The van der Waals surface area contributed by atoms with E-state index in [9.17, 15) is 14.4 Å². The predicted molar refractivity (Wildman–Crippen MR) is 116 cm³/mol. The number of nitrogens with zero attached hydrogens (tertiary/aromatic N) is 2. The van der Waals surface area contributed by atoms with Gasteiger partial charge >= 0.3 is 0 Å². The summed E-state index contributed by atoms with van der Waals surface area (Å²) < 4.78 is 0. The highest BCUT2D eigenvalue weighted by Crippen LogP contribution is 2.28. The van der Waals surface area contributed by atoms with Gasteiger partial charge in [-0.15, -0.1) is 0 Å². The molecular weight excluding hydrogens is 378 g/mol. The second-order valence-corrected chi connectivity index (χ2v) is 7.06. The lowest BCUT2D eigenvalue weighted by atomic mass is 10.1. The standard InChI is InChI=1S/C24H21N3O3/c1-3-26(18-12-8-16(2)9-13-18)25-22(28)17-10-14-19(15-11-17)27-23(29)20-6-4-5-7-21(20)24(27)30/h4-15H,3H2,1-2H3,(H,25,28). The zero-order valence-electron chi connectivity index (χ0n) is 16.8. The number of benzene rings is 3. The largest absolute Gasteiger partial charge is 0.286 e. The first-order valence-electron chi connectivity index (χ1n) is 9.72. The van der Waals surface area contributed by atoms with Crippen molar-refractivity contribution in [3.05, 3.63) is 95.1 Å². The van der Waals surface area contributed by atoms with Gasteiger partial charge in [-0.05, 0) is 62.4 Å². The molecule has 0 saturated carbocycles. The molecule has 3 amide bonds. The fourth-order valence-electron chi connectivity index (χ4n) is 3.42. The maximum atomic E-state index is 12.7. The lowest BCUT2D eigenvalue weighted by Gasteiger charge is -2.24. The van der Waals surface area contributed by atoms with E-state index in [-0.39, 0.29) is 17.7 Å². The molecule has 0 radical (unpaired) electrons. The highest BCUT2D eigenvalue weighted by Gasteiger charge is 2.36. The molecule has 4 rings (SSSR count). The Morgan fingerprint density at radius 2 is 1.43 bits per heavy atom. The van der Waals surface area contributed by atoms with Crippen LogP contribution >= 0.6 is 0 Å². The zero-order valence-corrected chi connectivity index (χ0v) is 16.8. The van der Waals surface area contributed by atoms with E-state index in [4.69, 9.17) is 0 Å². The molecule has 0 saturated heterocycles. The Morgan fingerprint density at radius 1 is 0.867 bits per heavy atom. The SMILES string of the molecule is CCN(NC(=O)c1ccc(N2C(=O)c3ccccc3C2=O)cc1)c1ccc(C)cc1. The van der Waals surface area contributed by atoms with Crippen LogP contribution in [0.5, 0.6) is 0 Å². The van der Waals surface area contributed by atoms with Gasteiger partial charge in [0.1, 0.15) is 0 Å². The number of hydrogen-bond donors (Lipinski definition) is 1. The Morgan fingerprint density at radius 3 is 1.97 bits per heavy atom. The summed E-state index contributed by atoms with van der Waals surface area (Å²) in [4.78, 5) is 39.1. The molecule has 0 fully saturated rings. The van der Waals surface area contributed by atoms with E-state index < -0.39 is 0 Å². The van der Waals surface area contributed by atoms with Crippen LogP contribution in [0.15, 0.2) is 72.8 Å². The summed E-state index contributed by atoms with van der Waals surface area (Å²) in [5.74, 6) is -0.986. The van der Waals surface area contributed by atoms with E-state index in [1.165, 1.54) is 0 Å². The molecule has 1 N–H and O–H groups in total. The van der Waals surface area contributed by atoms with Crippen molar-refractivity contribution >= 4 is 29.1 Å². The van der Waals surface area contributed by atoms with Crippen molar-refractivity contribution in [3.63, 3.8) is 0 Å². The minimum absolute atomic E-state index is 0.272. The summed E-state index contributed by atoms with van der Waals surface area (Å²) >= 11 is 0. The molecule has 6 nitrogen and oxygen atoms in total. The molecule has 6 heteroatoms. The monoisotopic (exact) mass is 399 g/mol. The van der Waals surface area contributed by atoms with Gasteiger partial charge in [-0.25, -0.2) is 4.90 Å². The summed E-state index contributed by atoms with van der Waals surface area (Å²) in [5.41, 5.74) is 6.56. The Labute approximate surface area is 174 Å². The molecule has 150 valence electrons. The number of carbonyl (C=O) groups excluding carboxylic acids is 3. The normalized spacial score (nSPS) is 12.7. The summed E-state index contributed by atoms with van der Waals surface area (Å²) in [5, 5.41) is 1.76. The summed E-state index contributed by atoms with van der Waals surface area (Å²) in [7, 11) is 0. The third-order valence-corrected chi connectivity index (χ3v) is 5.08. The first kappa shape index (κ1) is 19.4. The van der Waals surface area contributed by atoms with Gasteiger partial charge in [-0.3, -0.25) is 24.8 Å². The first-order chi connectivity index (χ1) is 14.5. The number of carbonyl (C=O) groups is 3. The molecule has 3 aromatic carbocycles. The molecule has 3 aromatic rings. The second kappa shape index (κ2) is 7.83. The lowest BCUT2D eigenvalue weighted by molar-refractivity contribution is 0.0922. The molecule has 1 heterocycles. The third kappa shape index (κ3) is 3.43. The average molecular weight is 399 g/mol. The highest BCUT2D eigenvalue weighted by atomic mass is 16.2. The van der Waals surface area contributed by atoms with Crippen LogP contribution in [0.1, 0.15) is 43.6 Å². The van der Waals surface area contributed by atoms with Crippen LogP contribution in [-0.4, -0.2) is 24.3 Å². The number of amides is 3. The molecule has 30 heavy (non-hydrogen) atoms. The van der Waals surface area contributed by atoms with E-state index >= 15 is 0 Å². The molecule has 0 spiro atoms. The maximum absolute atomic E-state index is 12.7. The number of rotatable bonds is 5. The Bertz CT molecular complexity index is 1090. The van der Waals surface area contributed by atoms with E-state index in [1.807, 2.05) is 38.1 Å². The average Bonchev–Trinajstić information content (AvgIpc) is 3.03. The van der Waals surface area contributed by atoms with Gasteiger partial charge in [-0.2, -0.15) is 0 Å². The van der Waals surface area contributed by atoms with Gasteiger partial charge < -0.3 is 0 Å². The molecule has 0 aromatic heterocycles. The Kier molecular flexibility index (Phi) is 5.06. The summed E-state index contributed by atoms with van der Waals surface area (Å²) in [6.07, 6.45) is 0.